The molecular weight excluding hydrogens is 759 g/mol. The van der Waals surface area contributed by atoms with Crippen molar-refractivity contribution in [2.75, 3.05) is 4.90 Å². The lowest BCUT2D eigenvalue weighted by atomic mass is 9.73. The summed E-state index contributed by atoms with van der Waals surface area (Å²) >= 11 is 0. The number of aryl methyl sites for hydroxylation is 1. The van der Waals surface area contributed by atoms with Crippen molar-refractivity contribution in [3.05, 3.63) is 220 Å². The van der Waals surface area contributed by atoms with Crippen LogP contribution in [0.1, 0.15) is 106 Å². The van der Waals surface area contributed by atoms with Crippen LogP contribution < -0.4 is 4.90 Å². The van der Waals surface area contributed by atoms with Crippen molar-refractivity contribution in [3.63, 3.8) is 0 Å². The van der Waals surface area contributed by atoms with Gasteiger partial charge in [-0.3, -0.25) is 0 Å². The monoisotopic (exact) mass is 815 g/mol. The Balaban J connectivity index is 1.16. The van der Waals surface area contributed by atoms with Crippen molar-refractivity contribution in [1.82, 2.24) is 0 Å². The number of hydrogen-bond donors (Lipinski definition) is 0. The van der Waals surface area contributed by atoms with Crippen LogP contribution in [0.5, 0.6) is 0 Å². The Morgan fingerprint density at radius 1 is 0.413 bits per heavy atom. The largest absolute Gasteiger partial charge is 0.310 e. The first-order valence-corrected chi connectivity index (χ1v) is 23.0. The molecule has 1 unspecified atom stereocenters. The highest BCUT2D eigenvalue weighted by Crippen LogP contribution is 2.60. The van der Waals surface area contributed by atoms with E-state index < -0.39 is 0 Å². The van der Waals surface area contributed by atoms with E-state index in [1.165, 1.54) is 100 Å². The number of benzene rings is 8. The first-order chi connectivity index (χ1) is 30.2. The Labute approximate surface area is 375 Å². The number of para-hydroxylation sites is 1. The fourth-order valence-electron chi connectivity index (χ4n) is 11.6. The molecule has 0 aromatic heterocycles. The summed E-state index contributed by atoms with van der Waals surface area (Å²) < 4.78 is 0. The topological polar surface area (TPSA) is 3.24 Å². The van der Waals surface area contributed by atoms with Crippen LogP contribution in [0.4, 0.5) is 17.1 Å². The van der Waals surface area contributed by atoms with Gasteiger partial charge in [-0.1, -0.05) is 201 Å². The number of rotatable bonds is 5. The molecule has 8 aromatic carbocycles. The van der Waals surface area contributed by atoms with Gasteiger partial charge in [-0.25, -0.2) is 0 Å². The molecule has 1 nitrogen and oxygen atoms in total. The summed E-state index contributed by atoms with van der Waals surface area (Å²) in [6.07, 6.45) is 2.14. The summed E-state index contributed by atoms with van der Waals surface area (Å²) in [5, 5.41) is 0. The predicted octanol–water partition coefficient (Wildman–Crippen LogP) is 16.7. The van der Waals surface area contributed by atoms with Crippen molar-refractivity contribution >= 4 is 17.1 Å². The SMILES string of the molecule is CC(C)(C)c1cc(-c2ccccc2N(c2cccc(-c3cccc4c3C(C)(C)c3ccccc3-4)c2)c2ccc3c(c2)C2(CCc4ccccc42)c2ccccc2-3)cc(C(C)(C)C)c1. The minimum atomic E-state index is -0.195. The van der Waals surface area contributed by atoms with E-state index in [1.807, 2.05) is 0 Å². The van der Waals surface area contributed by atoms with E-state index in [0.29, 0.717) is 0 Å². The first kappa shape index (κ1) is 39.4. The van der Waals surface area contributed by atoms with Crippen LogP contribution in [0.3, 0.4) is 0 Å². The van der Waals surface area contributed by atoms with Crippen LogP contribution >= 0.6 is 0 Å². The van der Waals surface area contributed by atoms with Gasteiger partial charge >= 0.3 is 0 Å². The third-order valence-corrected chi connectivity index (χ3v) is 14.8. The van der Waals surface area contributed by atoms with Gasteiger partial charge in [-0.2, -0.15) is 0 Å². The van der Waals surface area contributed by atoms with Gasteiger partial charge in [0.05, 0.1) is 5.69 Å². The number of fused-ring (bicyclic) bond motifs is 10. The van der Waals surface area contributed by atoms with E-state index in [-0.39, 0.29) is 21.7 Å². The van der Waals surface area contributed by atoms with Gasteiger partial charge in [-0.15, -0.1) is 0 Å². The molecule has 3 aliphatic rings. The minimum absolute atomic E-state index is 0.0107. The van der Waals surface area contributed by atoms with Crippen molar-refractivity contribution in [3.8, 4) is 44.5 Å². The summed E-state index contributed by atoms with van der Waals surface area (Å²) in [5.74, 6) is 0. The van der Waals surface area contributed by atoms with Crippen molar-refractivity contribution < 1.29 is 0 Å². The van der Waals surface area contributed by atoms with Crippen LogP contribution in [-0.2, 0) is 28.1 Å². The molecule has 1 atom stereocenters. The van der Waals surface area contributed by atoms with Gasteiger partial charge in [0.2, 0.25) is 0 Å². The average molecular weight is 816 g/mol. The lowest BCUT2D eigenvalue weighted by molar-refractivity contribution is 0.569. The molecule has 8 aromatic rings. The van der Waals surface area contributed by atoms with Crippen molar-refractivity contribution in [2.24, 2.45) is 0 Å². The first-order valence-electron chi connectivity index (χ1n) is 23.0. The third kappa shape index (κ3) is 6.03. The second-order valence-electron chi connectivity index (χ2n) is 20.9. The smallest absolute Gasteiger partial charge is 0.0540 e. The van der Waals surface area contributed by atoms with E-state index in [0.717, 1.165) is 18.5 Å². The lowest BCUT2D eigenvalue weighted by Gasteiger charge is -2.32. The van der Waals surface area contributed by atoms with E-state index in [9.17, 15) is 0 Å². The molecule has 3 aliphatic carbocycles. The lowest BCUT2D eigenvalue weighted by Crippen LogP contribution is -2.24. The summed E-state index contributed by atoms with van der Waals surface area (Å²) in [7, 11) is 0. The Morgan fingerprint density at radius 2 is 0.968 bits per heavy atom. The van der Waals surface area contributed by atoms with Crippen LogP contribution in [0.2, 0.25) is 0 Å². The normalized spacial score (nSPS) is 16.6. The van der Waals surface area contributed by atoms with Gasteiger partial charge in [0, 0.05) is 27.8 Å². The Kier molecular flexibility index (Phi) is 8.78. The van der Waals surface area contributed by atoms with E-state index in [4.69, 9.17) is 0 Å². The maximum atomic E-state index is 2.56. The zero-order valence-electron chi connectivity index (χ0n) is 38.1. The van der Waals surface area contributed by atoms with Crippen molar-refractivity contribution in [2.45, 2.75) is 89.9 Å². The van der Waals surface area contributed by atoms with E-state index in [1.54, 1.807) is 0 Å². The summed E-state index contributed by atoms with van der Waals surface area (Å²) in [5.41, 5.74) is 24.8. The zero-order valence-corrected chi connectivity index (χ0v) is 38.1. The van der Waals surface area contributed by atoms with Crippen LogP contribution in [0, 0.1) is 0 Å². The highest BCUT2D eigenvalue weighted by molar-refractivity contribution is 5.94. The van der Waals surface area contributed by atoms with Gasteiger partial charge in [0.1, 0.15) is 0 Å². The predicted molar refractivity (Wildman–Crippen MR) is 267 cm³/mol. The Bertz CT molecular complexity index is 3090. The van der Waals surface area contributed by atoms with Gasteiger partial charge in [0.15, 0.2) is 0 Å². The van der Waals surface area contributed by atoms with Crippen LogP contribution in [-0.4, -0.2) is 0 Å². The maximum absolute atomic E-state index is 2.56. The quantitative estimate of drug-likeness (QED) is 0.167. The molecule has 0 radical (unpaired) electrons. The number of nitrogens with zero attached hydrogens (tertiary/aromatic N) is 1. The fraction of sp³-hybridized carbons (Fsp3) is 0.226. The molecule has 1 spiro atoms. The summed E-state index contributed by atoms with van der Waals surface area (Å²) in [4.78, 5) is 2.56. The molecule has 0 N–H and O–H groups in total. The molecule has 0 aliphatic heterocycles. The zero-order chi connectivity index (χ0) is 43.5. The Hall–Kier alpha value is -6.44. The Morgan fingerprint density at radius 3 is 1.70 bits per heavy atom. The van der Waals surface area contributed by atoms with E-state index in [2.05, 4.69) is 236 Å². The van der Waals surface area contributed by atoms with Gasteiger partial charge < -0.3 is 4.90 Å². The minimum Gasteiger partial charge on any atom is -0.310 e. The molecular formula is C62H57N. The van der Waals surface area contributed by atoms with Crippen LogP contribution in [0.25, 0.3) is 44.5 Å². The second-order valence-corrected chi connectivity index (χ2v) is 20.9. The molecule has 0 fully saturated rings. The summed E-state index contributed by atoms with van der Waals surface area (Å²) in [6.45, 7) is 18.8. The molecule has 310 valence electrons. The maximum Gasteiger partial charge on any atom is 0.0540 e. The molecule has 0 bridgehead atoms. The van der Waals surface area contributed by atoms with Crippen LogP contribution in [0.15, 0.2) is 176 Å². The summed E-state index contributed by atoms with van der Waals surface area (Å²) in [6, 6.07) is 67.4. The third-order valence-electron chi connectivity index (χ3n) is 14.8. The van der Waals surface area contributed by atoms with Gasteiger partial charge in [0.25, 0.3) is 0 Å². The van der Waals surface area contributed by atoms with Gasteiger partial charge in [-0.05, 0) is 137 Å². The standard InChI is InChI=1S/C62H57N/c1-59(2,3)43-35-42(36-44(38-43)60(4,5)6)47-22-12-16-30-57(47)63(45-21-17-20-41(37-45)48-25-18-26-52-50-24-10-14-28-54(50)61(7,8)58(48)52)46-31-32-51-49-23-11-15-29-55(49)62(56(51)39-46)34-33-40-19-9-13-27-53(40)62/h9-32,35-39H,33-34H2,1-8H3. The molecule has 0 amide bonds. The molecule has 63 heavy (non-hydrogen) atoms. The molecule has 11 rings (SSSR count). The second kappa shape index (κ2) is 14.0. The fourth-order valence-corrected chi connectivity index (χ4v) is 11.6. The number of hydrogen-bond acceptors (Lipinski definition) is 1. The highest BCUT2D eigenvalue weighted by Gasteiger charge is 2.48. The molecule has 0 saturated carbocycles. The molecule has 0 heterocycles. The molecule has 0 saturated heterocycles. The highest BCUT2D eigenvalue weighted by atomic mass is 15.1. The van der Waals surface area contributed by atoms with E-state index >= 15 is 0 Å². The number of anilines is 3. The molecule has 1 heteroatoms. The van der Waals surface area contributed by atoms with Crippen molar-refractivity contribution in [1.29, 1.82) is 0 Å². The average Bonchev–Trinajstić information content (AvgIpc) is 3.89.